The summed E-state index contributed by atoms with van der Waals surface area (Å²) in [4.78, 5) is 4.37. The van der Waals surface area contributed by atoms with Crippen LogP contribution in [0.4, 0.5) is 0 Å². The first kappa shape index (κ1) is 24.2. The van der Waals surface area contributed by atoms with Crippen LogP contribution >= 0.6 is 0 Å². The number of phenolic OH excluding ortho intramolecular Hbond substituents is 2. The van der Waals surface area contributed by atoms with Crippen LogP contribution in [0.5, 0.6) is 11.5 Å². The van der Waals surface area contributed by atoms with Crippen LogP contribution in [-0.2, 0) is 22.6 Å². The van der Waals surface area contributed by atoms with Gasteiger partial charge in [-0.05, 0) is 25.0 Å². The molecule has 6 heteroatoms. The second kappa shape index (κ2) is 14.0. The highest BCUT2D eigenvalue weighted by Crippen LogP contribution is 2.19. The first-order valence-electron chi connectivity index (χ1n) is 10.8. The van der Waals surface area contributed by atoms with Gasteiger partial charge in [0.1, 0.15) is 11.5 Å². The highest BCUT2D eigenvalue weighted by Gasteiger charge is 2.14. The summed E-state index contributed by atoms with van der Waals surface area (Å²) in [5.74, 6) is 0.602. The van der Waals surface area contributed by atoms with Crippen molar-refractivity contribution < 1.29 is 19.7 Å². The molecule has 30 heavy (non-hydrogen) atoms. The second-order valence-corrected chi connectivity index (χ2v) is 7.44. The lowest BCUT2D eigenvalue weighted by Crippen LogP contribution is -2.37. The molecule has 2 aromatic rings. The van der Waals surface area contributed by atoms with Crippen molar-refractivity contribution >= 4 is 0 Å². The number of hydrogen-bond donors (Lipinski definition) is 2. The number of ether oxygens (including phenoxy) is 2. The van der Waals surface area contributed by atoms with E-state index in [0.717, 1.165) is 37.1 Å². The van der Waals surface area contributed by atoms with Crippen LogP contribution in [0.2, 0.25) is 0 Å². The molecule has 0 aliphatic heterocycles. The van der Waals surface area contributed by atoms with Gasteiger partial charge in [-0.15, -0.1) is 0 Å². The van der Waals surface area contributed by atoms with Gasteiger partial charge in [0, 0.05) is 50.5 Å². The van der Waals surface area contributed by atoms with Gasteiger partial charge < -0.3 is 19.7 Å². The predicted molar refractivity (Wildman–Crippen MR) is 119 cm³/mol. The molecule has 0 spiro atoms. The molecule has 0 fully saturated rings. The van der Waals surface area contributed by atoms with Crippen molar-refractivity contribution in [3.8, 4) is 11.5 Å². The van der Waals surface area contributed by atoms with Gasteiger partial charge in [0.2, 0.25) is 0 Å². The molecular weight excluding hydrogens is 380 g/mol. The Morgan fingerprint density at radius 3 is 1.43 bits per heavy atom. The molecule has 0 saturated carbocycles. The first-order chi connectivity index (χ1) is 14.6. The average Bonchev–Trinajstić information content (AvgIpc) is 2.75. The van der Waals surface area contributed by atoms with Crippen molar-refractivity contribution in [1.82, 2.24) is 9.80 Å². The molecule has 2 aromatic carbocycles. The molecule has 2 N–H and O–H groups in total. The van der Waals surface area contributed by atoms with Gasteiger partial charge in [-0.2, -0.15) is 0 Å². The number of rotatable bonds is 15. The lowest BCUT2D eigenvalue weighted by atomic mass is 10.2. The van der Waals surface area contributed by atoms with Crippen LogP contribution in [0.3, 0.4) is 0 Å². The van der Waals surface area contributed by atoms with Crippen LogP contribution in [0.1, 0.15) is 37.8 Å². The zero-order valence-corrected chi connectivity index (χ0v) is 18.3. The molecular formula is C24H36N2O4. The Bertz CT molecular complexity index is 664. The van der Waals surface area contributed by atoms with E-state index in [9.17, 15) is 10.2 Å². The summed E-state index contributed by atoms with van der Waals surface area (Å²) in [6.45, 7) is 9.32. The molecule has 0 aliphatic carbocycles. The topological polar surface area (TPSA) is 65.4 Å². The number of aromatic hydroxyl groups is 2. The standard InChI is InChI=1S/C24H36N2O4/c1-3-15-29-19-25(17-21-9-5-7-11-23(21)27)13-14-26(20-30-16-4-2)18-22-10-6-8-12-24(22)28/h5-12,27-28H,3-4,13-20H2,1-2H3. The summed E-state index contributed by atoms with van der Waals surface area (Å²) in [6.07, 6.45) is 1.93. The molecule has 0 radical (unpaired) electrons. The zero-order chi connectivity index (χ0) is 21.6. The quantitative estimate of drug-likeness (QED) is 0.336. The molecule has 0 saturated heterocycles. The minimum Gasteiger partial charge on any atom is -0.508 e. The zero-order valence-electron chi connectivity index (χ0n) is 18.3. The Hall–Kier alpha value is -2.12. The van der Waals surface area contributed by atoms with Crippen LogP contribution in [0, 0.1) is 0 Å². The Morgan fingerprint density at radius 1 is 0.667 bits per heavy atom. The smallest absolute Gasteiger partial charge is 0.120 e. The molecule has 2 rings (SSSR count). The third kappa shape index (κ3) is 8.71. The summed E-state index contributed by atoms with van der Waals surface area (Å²) in [5, 5.41) is 20.3. The van der Waals surface area contributed by atoms with Gasteiger partial charge in [0.25, 0.3) is 0 Å². The van der Waals surface area contributed by atoms with Crippen molar-refractivity contribution in [3.63, 3.8) is 0 Å². The number of nitrogens with zero attached hydrogens (tertiary/aromatic N) is 2. The maximum absolute atomic E-state index is 10.2. The Kier molecular flexibility index (Phi) is 11.3. The molecule has 6 nitrogen and oxygen atoms in total. The molecule has 0 heterocycles. The maximum atomic E-state index is 10.2. The number of hydrogen-bond acceptors (Lipinski definition) is 6. The Labute approximate surface area is 180 Å². The Morgan fingerprint density at radius 2 is 1.07 bits per heavy atom. The third-order valence-corrected chi connectivity index (χ3v) is 4.75. The lowest BCUT2D eigenvalue weighted by molar-refractivity contribution is -0.00501. The molecule has 0 amide bonds. The Balaban J connectivity index is 2.01. The van der Waals surface area contributed by atoms with Crippen LogP contribution in [0.25, 0.3) is 0 Å². The highest BCUT2D eigenvalue weighted by atomic mass is 16.5. The second-order valence-electron chi connectivity index (χ2n) is 7.44. The molecule has 166 valence electrons. The number of benzene rings is 2. The van der Waals surface area contributed by atoms with Gasteiger partial charge in [-0.25, -0.2) is 0 Å². The summed E-state index contributed by atoms with van der Waals surface area (Å²) in [6, 6.07) is 14.8. The van der Waals surface area contributed by atoms with Gasteiger partial charge in [-0.1, -0.05) is 50.2 Å². The first-order valence-corrected chi connectivity index (χ1v) is 10.8. The monoisotopic (exact) mass is 416 g/mol. The summed E-state index contributed by atoms with van der Waals surface area (Å²) in [7, 11) is 0. The normalized spacial score (nSPS) is 11.5. The van der Waals surface area contributed by atoms with E-state index in [1.54, 1.807) is 12.1 Å². The van der Waals surface area contributed by atoms with E-state index in [0.29, 0.717) is 51.3 Å². The third-order valence-electron chi connectivity index (χ3n) is 4.75. The minimum atomic E-state index is 0.301. The van der Waals surface area contributed by atoms with Crippen LogP contribution in [0.15, 0.2) is 48.5 Å². The summed E-state index contributed by atoms with van der Waals surface area (Å²) in [5.41, 5.74) is 1.76. The van der Waals surface area contributed by atoms with E-state index < -0.39 is 0 Å². The summed E-state index contributed by atoms with van der Waals surface area (Å²) < 4.78 is 11.6. The van der Waals surface area contributed by atoms with Gasteiger partial charge in [-0.3, -0.25) is 9.80 Å². The van der Waals surface area contributed by atoms with Gasteiger partial charge in [0.15, 0.2) is 0 Å². The van der Waals surface area contributed by atoms with Crippen molar-refractivity contribution in [2.24, 2.45) is 0 Å². The van der Waals surface area contributed by atoms with Crippen LogP contribution < -0.4 is 0 Å². The maximum Gasteiger partial charge on any atom is 0.120 e. The van der Waals surface area contributed by atoms with E-state index >= 15 is 0 Å². The molecule has 0 bridgehead atoms. The highest BCUT2D eigenvalue weighted by molar-refractivity contribution is 5.32. The largest absolute Gasteiger partial charge is 0.508 e. The fourth-order valence-corrected chi connectivity index (χ4v) is 3.11. The fourth-order valence-electron chi connectivity index (χ4n) is 3.11. The van der Waals surface area contributed by atoms with Crippen molar-refractivity contribution in [3.05, 3.63) is 59.7 Å². The van der Waals surface area contributed by atoms with E-state index in [2.05, 4.69) is 23.6 Å². The molecule has 0 unspecified atom stereocenters. The average molecular weight is 417 g/mol. The van der Waals surface area contributed by atoms with E-state index in [4.69, 9.17) is 9.47 Å². The van der Waals surface area contributed by atoms with Crippen molar-refractivity contribution in [2.75, 3.05) is 39.8 Å². The van der Waals surface area contributed by atoms with Crippen molar-refractivity contribution in [1.29, 1.82) is 0 Å². The van der Waals surface area contributed by atoms with E-state index in [1.165, 1.54) is 0 Å². The molecule has 0 aromatic heterocycles. The van der Waals surface area contributed by atoms with E-state index in [1.807, 2.05) is 36.4 Å². The minimum absolute atomic E-state index is 0.301. The van der Waals surface area contributed by atoms with Crippen LogP contribution in [-0.4, -0.2) is 59.8 Å². The number of phenols is 2. The summed E-state index contributed by atoms with van der Waals surface area (Å²) >= 11 is 0. The fraction of sp³-hybridized carbons (Fsp3) is 0.500. The predicted octanol–water partition coefficient (Wildman–Crippen LogP) is 4.17. The van der Waals surface area contributed by atoms with Crippen molar-refractivity contribution in [2.45, 2.75) is 39.8 Å². The number of para-hydroxylation sites is 2. The van der Waals surface area contributed by atoms with E-state index in [-0.39, 0.29) is 0 Å². The van der Waals surface area contributed by atoms with Gasteiger partial charge >= 0.3 is 0 Å². The SMILES string of the molecule is CCCOCN(CCN(COCCC)Cc1ccccc1O)Cc1ccccc1O. The lowest BCUT2D eigenvalue weighted by Gasteiger charge is -2.28. The molecule has 0 atom stereocenters. The van der Waals surface area contributed by atoms with Gasteiger partial charge in [0.05, 0.1) is 13.5 Å². The molecule has 0 aliphatic rings.